The molecular formula is C55H69F4N7O7. The lowest BCUT2D eigenvalue weighted by Gasteiger charge is -2.39. The van der Waals surface area contributed by atoms with Crippen LogP contribution in [0.4, 0.5) is 17.6 Å². The number of cyclic esters (lactones) is 1. The Balaban J connectivity index is 1.27. The maximum atomic E-state index is 15.0. The van der Waals surface area contributed by atoms with Crippen LogP contribution in [0.2, 0.25) is 0 Å². The summed E-state index contributed by atoms with van der Waals surface area (Å²) in [5.74, 6) is 2.90. The standard InChI is InChI=1S/C55H69F4N7O7/c1-33(2)43(30-72-39-28-64(29-39)47(67)17-18-54(6,7)63(8)9)50(68)61-45-24-35-21-36(27-56)23-38(22-35)37-15-16-46-41(25-37)42(26-53(4,5)32-73-52(70)44-14-12-20-66(62-44)51(45)69)49(65(46)31-55(57,58)59)40-13-11-19-60-48(40)34(3)71-10/h11,13,15-16,19,21-23,25,33-34,39,43-45,62H,12,14,20,24,26-32H2,1-10H3,(H,61,68)/t34-,43-,44-,45-/m0/s1. The molecule has 3 aliphatic heterocycles. The van der Waals surface area contributed by atoms with Crippen LogP contribution in [0.5, 0.6) is 0 Å². The monoisotopic (exact) mass is 1020 g/mol. The second kappa shape index (κ2) is 22.3. The van der Waals surface area contributed by atoms with E-state index in [0.29, 0.717) is 76.0 Å². The van der Waals surface area contributed by atoms with Gasteiger partial charge in [-0.25, -0.2) is 9.82 Å². The van der Waals surface area contributed by atoms with Crippen molar-refractivity contribution in [2.24, 2.45) is 17.3 Å². The Bertz CT molecular complexity index is 2750. The molecule has 4 atom stereocenters. The van der Waals surface area contributed by atoms with Crippen molar-refractivity contribution in [1.29, 1.82) is 0 Å². The summed E-state index contributed by atoms with van der Waals surface area (Å²) in [6.45, 7) is 11.7. The number of carbonyl (C=O) groups excluding carboxylic acids is 4. The largest absolute Gasteiger partial charge is 0.464 e. The number of fused-ring (bicyclic) bond motifs is 6. The highest BCUT2D eigenvalue weighted by Crippen LogP contribution is 2.43. The van der Waals surface area contributed by atoms with Crippen LogP contribution < -0.4 is 10.7 Å². The Morgan fingerprint density at radius 3 is 2.47 bits per heavy atom. The molecule has 0 aliphatic carbocycles. The molecule has 3 aliphatic rings. The minimum Gasteiger partial charge on any atom is -0.464 e. The van der Waals surface area contributed by atoms with Gasteiger partial charge < -0.3 is 29.0 Å². The van der Waals surface area contributed by atoms with E-state index in [2.05, 4.69) is 27.6 Å². The minimum absolute atomic E-state index is 0.00847. The molecule has 5 heterocycles. The maximum Gasteiger partial charge on any atom is 0.406 e. The zero-order valence-electron chi connectivity index (χ0n) is 43.5. The predicted molar refractivity (Wildman–Crippen MR) is 269 cm³/mol. The number of nitrogens with one attached hydrogen (secondary N) is 2. The van der Waals surface area contributed by atoms with Crippen molar-refractivity contribution in [1.82, 2.24) is 35.1 Å². The average molecular weight is 1020 g/mol. The van der Waals surface area contributed by atoms with Crippen molar-refractivity contribution in [2.75, 3.05) is 54.1 Å². The summed E-state index contributed by atoms with van der Waals surface area (Å²) in [6.07, 6.45) is -3.09. The molecule has 3 amide bonds. The van der Waals surface area contributed by atoms with Gasteiger partial charge in [0.2, 0.25) is 5.91 Å². The molecule has 394 valence electrons. The first kappa shape index (κ1) is 54.9. The SMILES string of the molecule is CO[C@@H](C)c1ncccc1-c1c2c3cc(ccc3n1CC(F)(F)F)-c1cc(CF)cc(c1)C[C@H](NC(=O)[C@@H](COC1CN(C(=O)C#CC(C)(C)N(C)C)C1)C(C)C)C(=O)N1CCC[C@H](N1)C(=O)OCC(C)(C)C2. The van der Waals surface area contributed by atoms with Gasteiger partial charge in [-0.1, -0.05) is 51.8 Å². The van der Waals surface area contributed by atoms with Crippen molar-refractivity contribution in [3.05, 3.63) is 77.1 Å². The molecule has 2 aromatic heterocycles. The molecule has 0 saturated carbocycles. The van der Waals surface area contributed by atoms with Gasteiger partial charge in [0.25, 0.3) is 11.8 Å². The molecule has 0 spiro atoms. The van der Waals surface area contributed by atoms with Crippen molar-refractivity contribution in [3.8, 4) is 34.2 Å². The molecule has 2 saturated heterocycles. The zero-order valence-corrected chi connectivity index (χ0v) is 43.5. The number of halogens is 4. The second-order valence-corrected chi connectivity index (χ2v) is 21.5. The van der Waals surface area contributed by atoms with E-state index in [4.69, 9.17) is 14.2 Å². The normalized spacial score (nSPS) is 19.7. The number of hydrogen-bond acceptors (Lipinski definition) is 10. The molecular weight excluding hydrogens is 947 g/mol. The van der Waals surface area contributed by atoms with Gasteiger partial charge in [0, 0.05) is 61.2 Å². The summed E-state index contributed by atoms with van der Waals surface area (Å²) in [6, 6.07) is 11.5. The third kappa shape index (κ3) is 12.9. The van der Waals surface area contributed by atoms with Gasteiger partial charge in [-0.3, -0.25) is 34.1 Å². The van der Waals surface area contributed by atoms with E-state index in [1.165, 1.54) is 16.7 Å². The van der Waals surface area contributed by atoms with Gasteiger partial charge >= 0.3 is 12.1 Å². The number of nitrogens with zero attached hydrogens (tertiary/aromatic N) is 5. The Morgan fingerprint density at radius 2 is 1.79 bits per heavy atom. The lowest BCUT2D eigenvalue weighted by atomic mass is 9.84. The third-order valence-corrected chi connectivity index (χ3v) is 14.3. The topological polar surface area (TPSA) is 148 Å². The number of likely N-dealkylation sites (tertiary alicyclic amines) is 1. The number of benzene rings is 2. The first-order valence-corrected chi connectivity index (χ1v) is 24.9. The first-order valence-electron chi connectivity index (χ1n) is 24.9. The highest BCUT2D eigenvalue weighted by Gasteiger charge is 2.39. The number of ether oxygens (including phenoxy) is 3. The quantitative estimate of drug-likeness (QED) is 0.0827. The molecule has 14 nitrogen and oxygen atoms in total. The third-order valence-electron chi connectivity index (χ3n) is 14.3. The fourth-order valence-corrected chi connectivity index (χ4v) is 9.44. The molecule has 7 rings (SSSR count). The van der Waals surface area contributed by atoms with E-state index in [1.54, 1.807) is 66.6 Å². The summed E-state index contributed by atoms with van der Waals surface area (Å²) >= 11 is 0. The molecule has 6 bridgehead atoms. The number of carbonyl (C=O) groups is 4. The van der Waals surface area contributed by atoms with Crippen molar-refractivity contribution >= 4 is 34.6 Å². The van der Waals surface area contributed by atoms with Gasteiger partial charge in [-0.15, -0.1) is 0 Å². The van der Waals surface area contributed by atoms with E-state index in [1.807, 2.05) is 60.5 Å². The van der Waals surface area contributed by atoms with E-state index in [-0.39, 0.29) is 56.1 Å². The summed E-state index contributed by atoms with van der Waals surface area (Å²) < 4.78 is 78.3. The lowest BCUT2D eigenvalue weighted by Crippen LogP contribution is -2.61. The smallest absolute Gasteiger partial charge is 0.406 e. The Kier molecular flexibility index (Phi) is 16.8. The van der Waals surface area contributed by atoms with E-state index >= 15 is 0 Å². The van der Waals surface area contributed by atoms with Crippen LogP contribution in [0, 0.1) is 29.1 Å². The van der Waals surface area contributed by atoms with Crippen LogP contribution in [0.15, 0.2) is 54.7 Å². The zero-order chi connectivity index (χ0) is 53.2. The second-order valence-electron chi connectivity index (χ2n) is 21.5. The van der Waals surface area contributed by atoms with Crippen LogP contribution in [0.3, 0.4) is 0 Å². The summed E-state index contributed by atoms with van der Waals surface area (Å²) in [7, 11) is 5.28. The molecule has 0 radical (unpaired) electrons. The van der Waals surface area contributed by atoms with Crippen LogP contribution in [0.25, 0.3) is 33.3 Å². The Hall–Kier alpha value is -5.87. The van der Waals surface area contributed by atoms with Crippen molar-refractivity contribution < 1.29 is 51.0 Å². The van der Waals surface area contributed by atoms with Crippen molar-refractivity contribution in [2.45, 2.75) is 123 Å². The lowest BCUT2D eigenvalue weighted by molar-refractivity contribution is -0.155. The maximum absolute atomic E-state index is 15.0. The van der Waals surface area contributed by atoms with Crippen LogP contribution in [-0.2, 0) is 59.4 Å². The van der Waals surface area contributed by atoms with Crippen LogP contribution in [0.1, 0.15) is 89.8 Å². The number of esters is 1. The Labute approximate surface area is 425 Å². The summed E-state index contributed by atoms with van der Waals surface area (Å²) in [5.41, 5.74) is 5.71. The molecule has 2 N–H and O–H groups in total. The molecule has 18 heteroatoms. The fraction of sp³-hybridized carbons (Fsp3) is 0.545. The van der Waals surface area contributed by atoms with Gasteiger partial charge in [-0.05, 0) is 124 Å². The molecule has 4 aromatic rings. The number of hydrogen-bond donors (Lipinski definition) is 2. The number of amides is 3. The van der Waals surface area contributed by atoms with E-state index in [9.17, 15) is 36.7 Å². The fourth-order valence-electron chi connectivity index (χ4n) is 9.44. The summed E-state index contributed by atoms with van der Waals surface area (Å²) in [5, 5.41) is 4.84. The van der Waals surface area contributed by atoms with Gasteiger partial charge in [0.15, 0.2) is 0 Å². The molecule has 73 heavy (non-hydrogen) atoms. The number of pyridine rings is 1. The minimum atomic E-state index is -4.63. The number of rotatable bonds is 12. The highest BCUT2D eigenvalue weighted by atomic mass is 19.4. The predicted octanol–water partition coefficient (Wildman–Crippen LogP) is 7.60. The van der Waals surface area contributed by atoms with Gasteiger partial charge in [-0.2, -0.15) is 13.2 Å². The van der Waals surface area contributed by atoms with Gasteiger partial charge in [0.05, 0.1) is 48.3 Å². The molecule has 0 unspecified atom stereocenters. The van der Waals surface area contributed by atoms with Crippen LogP contribution in [-0.4, -0.2) is 132 Å². The number of alkyl halides is 4. The first-order chi connectivity index (χ1) is 34.4. The number of methoxy groups -OCH3 is 1. The average Bonchev–Trinajstić information content (AvgIpc) is 3.61. The number of aromatic nitrogens is 2. The number of hydrazine groups is 1. The van der Waals surface area contributed by atoms with E-state index < -0.39 is 72.2 Å². The molecule has 2 fully saturated rings. The molecule has 2 aromatic carbocycles. The highest BCUT2D eigenvalue weighted by molar-refractivity contribution is 5.96. The van der Waals surface area contributed by atoms with Crippen molar-refractivity contribution in [3.63, 3.8) is 0 Å². The Morgan fingerprint density at radius 1 is 1.05 bits per heavy atom. The van der Waals surface area contributed by atoms with Gasteiger partial charge in [0.1, 0.15) is 25.3 Å². The van der Waals surface area contributed by atoms with Crippen LogP contribution >= 0.6 is 0 Å². The summed E-state index contributed by atoms with van der Waals surface area (Å²) in [4.78, 5) is 64.0. The van der Waals surface area contributed by atoms with E-state index in [0.717, 1.165) is 0 Å².